The molecule has 0 unspecified atom stereocenters. The quantitative estimate of drug-likeness (QED) is 0.448. The van der Waals surface area contributed by atoms with E-state index in [0.717, 1.165) is 23.5 Å². The number of carbonyl (C=O) groups excluding carboxylic acids is 1. The van der Waals surface area contributed by atoms with E-state index >= 15 is 0 Å². The molecule has 26 heavy (non-hydrogen) atoms. The van der Waals surface area contributed by atoms with E-state index < -0.39 is 0 Å². The van der Waals surface area contributed by atoms with Crippen molar-refractivity contribution in [2.75, 3.05) is 13.7 Å². The van der Waals surface area contributed by atoms with E-state index in [-0.39, 0.29) is 5.97 Å². The minimum absolute atomic E-state index is 0.267. The molecule has 0 bridgehead atoms. The summed E-state index contributed by atoms with van der Waals surface area (Å²) >= 11 is 0. The molecule has 0 amide bonds. The number of esters is 1. The molecular weight excluding hydrogens is 324 g/mol. The van der Waals surface area contributed by atoms with Crippen LogP contribution >= 0.6 is 0 Å². The Kier molecular flexibility index (Phi) is 10.1. The summed E-state index contributed by atoms with van der Waals surface area (Å²) in [6, 6.07) is 14.0. The molecule has 0 aliphatic heterocycles. The molecule has 142 valence electrons. The van der Waals surface area contributed by atoms with Crippen LogP contribution in [0.25, 0.3) is 0 Å². The van der Waals surface area contributed by atoms with Crippen molar-refractivity contribution in [1.29, 1.82) is 0 Å². The fourth-order valence-electron chi connectivity index (χ4n) is 2.42. The summed E-state index contributed by atoms with van der Waals surface area (Å²) in [5.74, 6) is 0.725. The van der Waals surface area contributed by atoms with E-state index in [1.54, 1.807) is 0 Å². The Hall–Kier alpha value is -2.29. The zero-order chi connectivity index (χ0) is 19.4. The first-order valence-corrected chi connectivity index (χ1v) is 9.33. The maximum Gasteiger partial charge on any atom is 0.338 e. The third kappa shape index (κ3) is 8.19. The standard InChI is InChI=1S/C13H20O.C10H12O2/c1-3-4-5-6-11-14-13-9-7-12(2)8-10-13;1-7-4-5-8(2)9(6-7)10(11)12-3/h7-10H,3-6,11H2,1-2H3;4-6H,1-3H3. The zero-order valence-corrected chi connectivity index (χ0v) is 16.8. The van der Waals surface area contributed by atoms with Gasteiger partial charge in [-0.05, 0) is 51.0 Å². The minimum Gasteiger partial charge on any atom is -0.494 e. The first-order chi connectivity index (χ1) is 12.5. The summed E-state index contributed by atoms with van der Waals surface area (Å²) < 4.78 is 10.2. The summed E-state index contributed by atoms with van der Waals surface area (Å²) in [6.07, 6.45) is 5.05. The molecule has 3 nitrogen and oxygen atoms in total. The molecule has 0 heterocycles. The van der Waals surface area contributed by atoms with E-state index in [0.29, 0.717) is 5.56 Å². The Morgan fingerprint density at radius 1 is 0.885 bits per heavy atom. The number of aryl methyl sites for hydroxylation is 3. The number of unbranched alkanes of at least 4 members (excludes halogenated alkanes) is 3. The lowest BCUT2D eigenvalue weighted by Crippen LogP contribution is -2.03. The van der Waals surface area contributed by atoms with Gasteiger partial charge in [0.05, 0.1) is 19.3 Å². The van der Waals surface area contributed by atoms with Gasteiger partial charge in [0.2, 0.25) is 0 Å². The van der Waals surface area contributed by atoms with Crippen LogP contribution < -0.4 is 4.74 Å². The van der Waals surface area contributed by atoms with Crippen molar-refractivity contribution in [3.05, 3.63) is 64.7 Å². The van der Waals surface area contributed by atoms with Gasteiger partial charge in [-0.15, -0.1) is 0 Å². The van der Waals surface area contributed by atoms with E-state index in [2.05, 4.69) is 30.7 Å². The molecule has 0 saturated carbocycles. The predicted octanol–water partition coefficient (Wildman–Crippen LogP) is 6.04. The highest BCUT2D eigenvalue weighted by Crippen LogP contribution is 2.12. The fourth-order valence-corrected chi connectivity index (χ4v) is 2.42. The Balaban J connectivity index is 0.000000263. The van der Waals surface area contributed by atoms with Gasteiger partial charge in [-0.25, -0.2) is 4.79 Å². The molecule has 3 heteroatoms. The van der Waals surface area contributed by atoms with Gasteiger partial charge in [-0.3, -0.25) is 0 Å². The molecule has 0 fully saturated rings. The van der Waals surface area contributed by atoms with Gasteiger partial charge in [-0.1, -0.05) is 61.6 Å². The zero-order valence-electron chi connectivity index (χ0n) is 16.8. The van der Waals surface area contributed by atoms with Crippen LogP contribution in [0.15, 0.2) is 42.5 Å². The minimum atomic E-state index is -0.267. The maximum atomic E-state index is 11.2. The van der Waals surface area contributed by atoms with Crippen molar-refractivity contribution in [1.82, 2.24) is 0 Å². The smallest absolute Gasteiger partial charge is 0.338 e. The number of hydrogen-bond donors (Lipinski definition) is 0. The molecule has 0 saturated heterocycles. The Labute approximate surface area is 158 Å². The molecule has 0 aromatic heterocycles. The van der Waals surface area contributed by atoms with Gasteiger partial charge in [0.1, 0.15) is 5.75 Å². The van der Waals surface area contributed by atoms with E-state index in [4.69, 9.17) is 4.74 Å². The van der Waals surface area contributed by atoms with E-state index in [9.17, 15) is 4.79 Å². The molecule has 2 aromatic rings. The largest absolute Gasteiger partial charge is 0.494 e. The van der Waals surface area contributed by atoms with Crippen molar-refractivity contribution in [3.63, 3.8) is 0 Å². The number of hydrogen-bond acceptors (Lipinski definition) is 3. The van der Waals surface area contributed by atoms with Gasteiger partial charge in [0, 0.05) is 0 Å². The first-order valence-electron chi connectivity index (χ1n) is 9.33. The van der Waals surface area contributed by atoms with Crippen molar-refractivity contribution in [2.24, 2.45) is 0 Å². The van der Waals surface area contributed by atoms with Crippen molar-refractivity contribution in [3.8, 4) is 5.75 Å². The Morgan fingerprint density at radius 2 is 1.54 bits per heavy atom. The molecule has 0 N–H and O–H groups in total. The van der Waals surface area contributed by atoms with Crippen molar-refractivity contribution in [2.45, 2.75) is 53.4 Å². The monoisotopic (exact) mass is 356 g/mol. The number of ether oxygens (including phenoxy) is 2. The van der Waals surface area contributed by atoms with Gasteiger partial charge < -0.3 is 9.47 Å². The SMILES string of the molecule is CCCCCCOc1ccc(C)cc1.COC(=O)c1cc(C)ccc1C. The van der Waals surface area contributed by atoms with Crippen molar-refractivity contribution >= 4 is 5.97 Å². The van der Waals surface area contributed by atoms with Gasteiger partial charge in [-0.2, -0.15) is 0 Å². The highest BCUT2D eigenvalue weighted by molar-refractivity contribution is 5.91. The Morgan fingerprint density at radius 3 is 2.15 bits per heavy atom. The van der Waals surface area contributed by atoms with E-state index in [1.165, 1.54) is 38.4 Å². The molecule has 0 atom stereocenters. The molecule has 0 aliphatic rings. The number of methoxy groups -OCH3 is 1. The molecule has 2 rings (SSSR count). The average Bonchev–Trinajstić information content (AvgIpc) is 2.65. The molecule has 2 aromatic carbocycles. The van der Waals surface area contributed by atoms with Crippen LogP contribution in [0.4, 0.5) is 0 Å². The third-order valence-electron chi connectivity index (χ3n) is 4.09. The fraction of sp³-hybridized carbons (Fsp3) is 0.435. The summed E-state index contributed by atoms with van der Waals surface area (Å²) in [6.45, 7) is 9.01. The van der Waals surface area contributed by atoms with Crippen LogP contribution in [0.1, 0.15) is 59.7 Å². The van der Waals surface area contributed by atoms with Crippen molar-refractivity contribution < 1.29 is 14.3 Å². The van der Waals surface area contributed by atoms with Crippen LogP contribution in [0.5, 0.6) is 5.75 Å². The van der Waals surface area contributed by atoms with Crippen LogP contribution in [-0.4, -0.2) is 19.7 Å². The van der Waals surface area contributed by atoms with Crippen LogP contribution in [0, 0.1) is 20.8 Å². The summed E-state index contributed by atoms with van der Waals surface area (Å²) in [5.41, 5.74) is 3.95. The van der Waals surface area contributed by atoms with Crippen LogP contribution in [0.3, 0.4) is 0 Å². The van der Waals surface area contributed by atoms with Crippen LogP contribution in [-0.2, 0) is 4.74 Å². The second-order valence-electron chi connectivity index (χ2n) is 6.53. The molecule has 0 spiro atoms. The normalized spacial score (nSPS) is 9.88. The summed E-state index contributed by atoms with van der Waals surface area (Å²) in [5, 5.41) is 0. The summed E-state index contributed by atoms with van der Waals surface area (Å²) in [4.78, 5) is 11.2. The molecular formula is C23H32O3. The third-order valence-corrected chi connectivity index (χ3v) is 4.09. The lowest BCUT2D eigenvalue weighted by atomic mass is 10.1. The Bertz CT molecular complexity index is 660. The van der Waals surface area contributed by atoms with Gasteiger partial charge in [0.25, 0.3) is 0 Å². The van der Waals surface area contributed by atoms with E-state index in [1.807, 2.05) is 44.2 Å². The second kappa shape index (κ2) is 12.1. The topological polar surface area (TPSA) is 35.5 Å². The number of rotatable bonds is 7. The lowest BCUT2D eigenvalue weighted by Gasteiger charge is -2.05. The molecule has 0 radical (unpaired) electrons. The van der Waals surface area contributed by atoms with Crippen LogP contribution in [0.2, 0.25) is 0 Å². The highest BCUT2D eigenvalue weighted by atomic mass is 16.5. The van der Waals surface area contributed by atoms with Gasteiger partial charge in [0.15, 0.2) is 0 Å². The predicted molar refractivity (Wildman–Crippen MR) is 108 cm³/mol. The maximum absolute atomic E-state index is 11.2. The molecule has 0 aliphatic carbocycles. The average molecular weight is 357 g/mol. The first kappa shape index (κ1) is 21.8. The number of carbonyl (C=O) groups is 1. The summed E-state index contributed by atoms with van der Waals surface area (Å²) in [7, 11) is 1.39. The lowest BCUT2D eigenvalue weighted by molar-refractivity contribution is 0.0600. The number of benzene rings is 2. The highest BCUT2D eigenvalue weighted by Gasteiger charge is 2.07. The van der Waals surface area contributed by atoms with Gasteiger partial charge >= 0.3 is 5.97 Å². The second-order valence-corrected chi connectivity index (χ2v) is 6.53.